The fourth-order valence-electron chi connectivity index (χ4n) is 3.16. The van der Waals surface area contributed by atoms with E-state index in [-0.39, 0.29) is 35.6 Å². The molecule has 3 rings (SSSR count). The number of aliphatic hydroxyl groups is 1. The van der Waals surface area contributed by atoms with Crippen molar-refractivity contribution in [2.45, 2.75) is 45.3 Å². The fourth-order valence-corrected chi connectivity index (χ4v) is 3.16. The van der Waals surface area contributed by atoms with E-state index in [9.17, 15) is 13.6 Å². The maximum atomic E-state index is 14.2. The molecule has 1 aliphatic rings. The third kappa shape index (κ3) is 6.62. The zero-order chi connectivity index (χ0) is 23.9. The van der Waals surface area contributed by atoms with Crippen molar-refractivity contribution in [2.75, 3.05) is 20.2 Å². The molecule has 1 saturated heterocycles. The summed E-state index contributed by atoms with van der Waals surface area (Å²) in [6.07, 6.45) is 0.301. The molecule has 1 aromatic heterocycles. The average Bonchev–Trinajstić information content (AvgIpc) is 3.24. The molecule has 0 saturated carbocycles. The van der Waals surface area contributed by atoms with Gasteiger partial charge in [-0.3, -0.25) is 4.98 Å². The lowest BCUT2D eigenvalue weighted by molar-refractivity contribution is 0.0292. The SMILES string of the molecule is CC(C)(C)OC(=O)N1CCC(c2ccc(F)c(COc3ccc(C#N)cc3F)n2)C1.CO. The number of nitrogens with zero attached hydrogens (tertiary/aromatic N) is 3. The Morgan fingerprint density at radius 3 is 2.59 bits per heavy atom. The normalized spacial score (nSPS) is 15.4. The Bertz CT molecular complexity index is 986. The quantitative estimate of drug-likeness (QED) is 0.757. The molecule has 0 bridgehead atoms. The largest absolute Gasteiger partial charge is 0.484 e. The highest BCUT2D eigenvalue weighted by atomic mass is 19.1. The Hall–Kier alpha value is -3.25. The number of hydrogen-bond donors (Lipinski definition) is 1. The minimum absolute atomic E-state index is 0.0481. The number of carbonyl (C=O) groups excluding carboxylic acids is 1. The van der Waals surface area contributed by atoms with Gasteiger partial charge in [0, 0.05) is 31.8 Å². The summed E-state index contributed by atoms with van der Waals surface area (Å²) < 4.78 is 38.9. The number of benzene rings is 1. The van der Waals surface area contributed by atoms with Gasteiger partial charge in [0.1, 0.15) is 23.7 Å². The molecule has 1 N–H and O–H groups in total. The minimum atomic E-state index is -0.700. The smallest absolute Gasteiger partial charge is 0.410 e. The molecule has 1 atom stereocenters. The van der Waals surface area contributed by atoms with Crippen LogP contribution in [0.25, 0.3) is 0 Å². The summed E-state index contributed by atoms with van der Waals surface area (Å²) in [6.45, 7) is 6.12. The molecule has 2 aromatic rings. The molecule has 0 aliphatic carbocycles. The summed E-state index contributed by atoms with van der Waals surface area (Å²) in [5.74, 6) is -1.40. The maximum Gasteiger partial charge on any atom is 0.410 e. The number of carbonyl (C=O) groups is 1. The van der Waals surface area contributed by atoms with Gasteiger partial charge in [-0.1, -0.05) is 0 Å². The summed E-state index contributed by atoms with van der Waals surface area (Å²) >= 11 is 0. The van der Waals surface area contributed by atoms with Crippen LogP contribution in [0.15, 0.2) is 30.3 Å². The van der Waals surface area contributed by atoms with Crippen LogP contribution in [0.2, 0.25) is 0 Å². The highest BCUT2D eigenvalue weighted by Gasteiger charge is 2.31. The molecule has 32 heavy (non-hydrogen) atoms. The standard InChI is InChI=1S/C22H23F2N3O3.CH4O/c1-22(2,3)30-21(28)27-9-8-15(12-27)18-6-5-16(23)19(26-18)13-29-20-7-4-14(11-25)10-17(20)24;1-2/h4-7,10,15H,8-9,12-13H2,1-3H3;2H,1H3. The summed E-state index contributed by atoms with van der Waals surface area (Å²) in [6, 6.07) is 8.52. The number of ether oxygens (including phenoxy) is 2. The highest BCUT2D eigenvalue weighted by Crippen LogP contribution is 2.28. The number of hydrogen-bond acceptors (Lipinski definition) is 6. The third-order valence-electron chi connectivity index (χ3n) is 4.62. The van der Waals surface area contributed by atoms with Gasteiger partial charge < -0.3 is 19.5 Å². The first kappa shape index (κ1) is 25.0. The van der Waals surface area contributed by atoms with E-state index in [2.05, 4.69) is 4.98 Å². The van der Waals surface area contributed by atoms with Gasteiger partial charge in [-0.15, -0.1) is 0 Å². The van der Waals surface area contributed by atoms with Crippen LogP contribution in [0.5, 0.6) is 5.75 Å². The zero-order valence-corrected chi connectivity index (χ0v) is 18.6. The van der Waals surface area contributed by atoms with Crippen molar-refractivity contribution in [3.63, 3.8) is 0 Å². The Labute approximate surface area is 186 Å². The van der Waals surface area contributed by atoms with Crippen molar-refractivity contribution in [3.8, 4) is 11.8 Å². The van der Waals surface area contributed by atoms with Crippen LogP contribution < -0.4 is 4.74 Å². The summed E-state index contributed by atoms with van der Waals surface area (Å²) in [7, 11) is 1.00. The lowest BCUT2D eigenvalue weighted by Crippen LogP contribution is -2.35. The van der Waals surface area contributed by atoms with Gasteiger partial charge >= 0.3 is 6.09 Å². The highest BCUT2D eigenvalue weighted by molar-refractivity contribution is 5.68. The number of nitriles is 1. The topological polar surface area (TPSA) is 95.7 Å². The van der Waals surface area contributed by atoms with Crippen LogP contribution in [0.4, 0.5) is 13.6 Å². The van der Waals surface area contributed by atoms with Crippen LogP contribution in [0.3, 0.4) is 0 Å². The van der Waals surface area contributed by atoms with Crippen LogP contribution in [0.1, 0.15) is 50.1 Å². The summed E-state index contributed by atoms with van der Waals surface area (Å²) in [4.78, 5) is 18.2. The maximum absolute atomic E-state index is 14.2. The molecule has 1 aliphatic heterocycles. The summed E-state index contributed by atoms with van der Waals surface area (Å²) in [5, 5.41) is 15.8. The number of rotatable bonds is 4. The molecule has 1 fully saturated rings. The molecule has 0 spiro atoms. The van der Waals surface area contributed by atoms with Gasteiger partial charge in [0.2, 0.25) is 0 Å². The van der Waals surface area contributed by atoms with Gasteiger partial charge in [0.25, 0.3) is 0 Å². The number of amides is 1. The predicted octanol–water partition coefficient (Wildman–Crippen LogP) is 4.14. The van der Waals surface area contributed by atoms with Gasteiger partial charge in [-0.25, -0.2) is 13.6 Å². The number of likely N-dealkylation sites (tertiary alicyclic amines) is 1. The Balaban J connectivity index is 0.00000176. The van der Waals surface area contributed by atoms with Crippen LogP contribution >= 0.6 is 0 Å². The van der Waals surface area contributed by atoms with E-state index in [1.54, 1.807) is 11.0 Å². The molecule has 1 unspecified atom stereocenters. The van der Waals surface area contributed by atoms with Gasteiger partial charge in [-0.2, -0.15) is 5.26 Å². The summed E-state index contributed by atoms with van der Waals surface area (Å²) in [5.41, 5.74) is 0.282. The fraction of sp³-hybridized carbons (Fsp3) is 0.435. The molecule has 2 heterocycles. The third-order valence-corrected chi connectivity index (χ3v) is 4.62. The lowest BCUT2D eigenvalue weighted by Gasteiger charge is -2.24. The van der Waals surface area contributed by atoms with Crippen molar-refractivity contribution >= 4 is 6.09 Å². The van der Waals surface area contributed by atoms with Crippen LogP contribution in [-0.4, -0.2) is 46.9 Å². The Morgan fingerprint density at radius 1 is 1.25 bits per heavy atom. The van der Waals surface area contributed by atoms with Crippen molar-refractivity contribution in [3.05, 3.63) is 58.9 Å². The van der Waals surface area contributed by atoms with E-state index in [1.165, 1.54) is 18.2 Å². The predicted molar refractivity (Wildman–Crippen MR) is 113 cm³/mol. The Morgan fingerprint density at radius 2 is 1.97 bits per heavy atom. The van der Waals surface area contributed by atoms with Crippen LogP contribution in [-0.2, 0) is 11.3 Å². The number of aliphatic hydroxyl groups excluding tert-OH is 1. The molecular formula is C23H27F2N3O4. The van der Waals surface area contributed by atoms with Crippen molar-refractivity contribution < 1.29 is 28.2 Å². The van der Waals surface area contributed by atoms with E-state index in [4.69, 9.17) is 19.8 Å². The second-order valence-corrected chi connectivity index (χ2v) is 8.12. The zero-order valence-electron chi connectivity index (χ0n) is 18.6. The molecule has 9 heteroatoms. The number of aromatic nitrogens is 1. The van der Waals surface area contributed by atoms with E-state index in [0.29, 0.717) is 25.2 Å². The van der Waals surface area contributed by atoms with E-state index in [0.717, 1.165) is 13.2 Å². The van der Waals surface area contributed by atoms with Gasteiger partial charge in [-0.05, 0) is 57.5 Å². The van der Waals surface area contributed by atoms with E-state index >= 15 is 0 Å². The minimum Gasteiger partial charge on any atom is -0.484 e. The van der Waals surface area contributed by atoms with Gasteiger partial charge in [0.15, 0.2) is 11.6 Å². The molecule has 1 amide bonds. The van der Waals surface area contributed by atoms with Crippen LogP contribution in [0, 0.1) is 23.0 Å². The first-order valence-corrected chi connectivity index (χ1v) is 10.1. The molecule has 0 radical (unpaired) electrons. The second kappa shape index (κ2) is 10.9. The van der Waals surface area contributed by atoms with Gasteiger partial charge in [0.05, 0.1) is 11.6 Å². The lowest BCUT2D eigenvalue weighted by atomic mass is 10.0. The monoisotopic (exact) mass is 447 g/mol. The molecular weight excluding hydrogens is 420 g/mol. The Kier molecular flexibility index (Phi) is 8.49. The number of pyridine rings is 1. The molecule has 172 valence electrons. The average molecular weight is 447 g/mol. The second-order valence-electron chi connectivity index (χ2n) is 8.12. The molecule has 7 nitrogen and oxygen atoms in total. The van der Waals surface area contributed by atoms with E-state index < -0.39 is 17.2 Å². The molecule has 1 aromatic carbocycles. The first-order chi connectivity index (χ1) is 15.2. The van der Waals surface area contributed by atoms with Crippen molar-refractivity contribution in [1.29, 1.82) is 5.26 Å². The van der Waals surface area contributed by atoms with E-state index in [1.807, 2.05) is 26.8 Å². The van der Waals surface area contributed by atoms with Crippen molar-refractivity contribution in [2.24, 2.45) is 0 Å². The van der Waals surface area contributed by atoms with Crippen molar-refractivity contribution in [1.82, 2.24) is 9.88 Å². The first-order valence-electron chi connectivity index (χ1n) is 10.1. The number of halogens is 2.